The van der Waals surface area contributed by atoms with Crippen LogP contribution in [0.3, 0.4) is 0 Å². The molecular formula is C11H21NO4S. The average molecular weight is 263 g/mol. The van der Waals surface area contributed by atoms with Gasteiger partial charge in [0.2, 0.25) is 10.0 Å². The Balaban J connectivity index is 2.49. The first-order valence-corrected chi connectivity index (χ1v) is 7.66. The minimum atomic E-state index is -3.11. The summed E-state index contributed by atoms with van der Waals surface area (Å²) in [4.78, 5) is 11.6. The number of piperidine rings is 1. The van der Waals surface area contributed by atoms with E-state index in [0.29, 0.717) is 25.9 Å². The number of hydrogen-bond acceptors (Lipinski definition) is 4. The molecule has 0 atom stereocenters. The van der Waals surface area contributed by atoms with Gasteiger partial charge in [0, 0.05) is 13.1 Å². The third kappa shape index (κ3) is 3.96. The molecule has 0 unspecified atom stereocenters. The third-order valence-corrected chi connectivity index (χ3v) is 4.78. The molecule has 0 saturated carbocycles. The highest BCUT2D eigenvalue weighted by Gasteiger charge is 2.31. The average Bonchev–Trinajstić information content (AvgIpc) is 2.28. The molecule has 17 heavy (non-hydrogen) atoms. The van der Waals surface area contributed by atoms with Crippen LogP contribution < -0.4 is 0 Å². The molecule has 0 aromatic heterocycles. The van der Waals surface area contributed by atoms with Crippen molar-refractivity contribution in [1.82, 2.24) is 4.31 Å². The minimum absolute atomic E-state index is 0.111. The zero-order valence-corrected chi connectivity index (χ0v) is 11.5. The van der Waals surface area contributed by atoms with E-state index in [0.717, 1.165) is 0 Å². The SMILES string of the molecule is CCS(=O)(=O)N1CCC(C(=O)OC(C)C)CC1. The van der Waals surface area contributed by atoms with Crippen molar-refractivity contribution in [2.75, 3.05) is 18.8 Å². The molecule has 6 heteroatoms. The van der Waals surface area contributed by atoms with Gasteiger partial charge >= 0.3 is 5.97 Å². The maximum absolute atomic E-state index is 11.6. The number of nitrogens with zero attached hydrogens (tertiary/aromatic N) is 1. The minimum Gasteiger partial charge on any atom is -0.463 e. The molecule has 0 amide bonds. The Kier molecular flexibility index (Phi) is 4.94. The van der Waals surface area contributed by atoms with Gasteiger partial charge in [-0.3, -0.25) is 4.79 Å². The lowest BCUT2D eigenvalue weighted by atomic mass is 9.98. The predicted octanol–water partition coefficient (Wildman–Crippen LogP) is 1.000. The molecule has 0 aliphatic carbocycles. The fourth-order valence-corrected chi connectivity index (χ4v) is 3.01. The van der Waals surface area contributed by atoms with Crippen molar-refractivity contribution in [2.45, 2.75) is 39.7 Å². The Morgan fingerprint density at radius 2 is 1.88 bits per heavy atom. The van der Waals surface area contributed by atoms with Crippen molar-refractivity contribution in [3.63, 3.8) is 0 Å². The number of ether oxygens (including phenoxy) is 1. The van der Waals surface area contributed by atoms with Gasteiger partial charge in [-0.25, -0.2) is 12.7 Å². The van der Waals surface area contributed by atoms with Crippen LogP contribution in [-0.4, -0.2) is 43.6 Å². The largest absolute Gasteiger partial charge is 0.463 e. The van der Waals surface area contributed by atoms with Gasteiger partial charge in [-0.05, 0) is 33.6 Å². The van der Waals surface area contributed by atoms with Crippen molar-refractivity contribution < 1.29 is 17.9 Å². The van der Waals surface area contributed by atoms with Gasteiger partial charge in [0.15, 0.2) is 0 Å². The summed E-state index contributed by atoms with van der Waals surface area (Å²) in [7, 11) is -3.11. The fraction of sp³-hybridized carbons (Fsp3) is 0.909. The van der Waals surface area contributed by atoms with E-state index >= 15 is 0 Å². The third-order valence-electron chi connectivity index (χ3n) is 2.90. The molecule has 0 aromatic carbocycles. The van der Waals surface area contributed by atoms with Crippen LogP contribution in [0, 0.1) is 5.92 Å². The summed E-state index contributed by atoms with van der Waals surface area (Å²) in [6.07, 6.45) is 1.01. The van der Waals surface area contributed by atoms with Crippen molar-refractivity contribution in [3.05, 3.63) is 0 Å². The van der Waals surface area contributed by atoms with Crippen molar-refractivity contribution in [3.8, 4) is 0 Å². The van der Waals surface area contributed by atoms with Crippen molar-refractivity contribution in [1.29, 1.82) is 0 Å². The quantitative estimate of drug-likeness (QED) is 0.710. The lowest BCUT2D eigenvalue weighted by Gasteiger charge is -2.30. The van der Waals surface area contributed by atoms with Gasteiger partial charge in [-0.15, -0.1) is 0 Å². The van der Waals surface area contributed by atoms with E-state index in [1.165, 1.54) is 4.31 Å². The standard InChI is InChI=1S/C11H21NO4S/c1-4-17(14,15)12-7-5-10(6-8-12)11(13)16-9(2)3/h9-10H,4-8H2,1-3H3. The highest BCUT2D eigenvalue weighted by Crippen LogP contribution is 2.21. The van der Waals surface area contributed by atoms with Gasteiger partial charge in [-0.1, -0.05) is 0 Å². The zero-order chi connectivity index (χ0) is 13.1. The monoisotopic (exact) mass is 263 g/mol. The molecule has 1 heterocycles. The molecular weight excluding hydrogens is 242 g/mol. The Morgan fingerprint density at radius 3 is 2.29 bits per heavy atom. The second-order valence-corrected chi connectivity index (χ2v) is 6.82. The molecule has 0 radical (unpaired) electrons. The molecule has 0 bridgehead atoms. The maximum atomic E-state index is 11.6. The normalized spacial score (nSPS) is 19.5. The summed E-state index contributed by atoms with van der Waals surface area (Å²) in [5.74, 6) is -0.233. The van der Waals surface area contributed by atoms with E-state index in [-0.39, 0.29) is 23.7 Å². The summed E-state index contributed by atoms with van der Waals surface area (Å²) in [6, 6.07) is 0. The van der Waals surface area contributed by atoms with Gasteiger partial charge < -0.3 is 4.74 Å². The maximum Gasteiger partial charge on any atom is 0.309 e. The molecule has 1 fully saturated rings. The van der Waals surface area contributed by atoms with Crippen molar-refractivity contribution >= 4 is 16.0 Å². The van der Waals surface area contributed by atoms with Crippen LogP contribution in [0.1, 0.15) is 33.6 Å². The van der Waals surface area contributed by atoms with Crippen LogP contribution in [0.4, 0.5) is 0 Å². The second kappa shape index (κ2) is 5.82. The molecule has 1 aliphatic rings. The topological polar surface area (TPSA) is 63.7 Å². The molecule has 100 valence electrons. The van der Waals surface area contributed by atoms with E-state index in [1.807, 2.05) is 13.8 Å². The molecule has 1 aliphatic heterocycles. The van der Waals surface area contributed by atoms with Crippen LogP contribution in [0.25, 0.3) is 0 Å². The fourth-order valence-electron chi connectivity index (χ4n) is 1.88. The summed E-state index contributed by atoms with van der Waals surface area (Å²) in [5, 5.41) is 0. The lowest BCUT2D eigenvalue weighted by Crippen LogP contribution is -2.41. The van der Waals surface area contributed by atoms with E-state index in [9.17, 15) is 13.2 Å². The van der Waals surface area contributed by atoms with Gasteiger partial charge in [0.05, 0.1) is 17.8 Å². The van der Waals surface area contributed by atoms with Crippen LogP contribution in [0.15, 0.2) is 0 Å². The summed E-state index contributed by atoms with van der Waals surface area (Å²) >= 11 is 0. The van der Waals surface area contributed by atoms with E-state index in [1.54, 1.807) is 6.92 Å². The Bertz CT molecular complexity index is 356. The van der Waals surface area contributed by atoms with E-state index in [4.69, 9.17) is 4.74 Å². The van der Waals surface area contributed by atoms with Crippen molar-refractivity contribution in [2.24, 2.45) is 5.92 Å². The smallest absolute Gasteiger partial charge is 0.309 e. The van der Waals surface area contributed by atoms with E-state index < -0.39 is 10.0 Å². The predicted molar refractivity (Wildman–Crippen MR) is 65.0 cm³/mol. The second-order valence-electron chi connectivity index (χ2n) is 4.56. The summed E-state index contributed by atoms with van der Waals surface area (Å²) < 4.78 is 29.8. The molecule has 1 saturated heterocycles. The molecule has 0 aromatic rings. The number of carbonyl (C=O) groups is 1. The Hall–Kier alpha value is -0.620. The summed E-state index contributed by atoms with van der Waals surface area (Å²) in [5.41, 5.74) is 0. The molecule has 0 N–H and O–H groups in total. The van der Waals surface area contributed by atoms with E-state index in [2.05, 4.69) is 0 Å². The first kappa shape index (κ1) is 14.4. The van der Waals surface area contributed by atoms with Gasteiger partial charge in [0.1, 0.15) is 0 Å². The molecule has 1 rings (SSSR count). The molecule has 5 nitrogen and oxygen atoms in total. The first-order valence-electron chi connectivity index (χ1n) is 6.05. The number of rotatable bonds is 4. The number of esters is 1. The van der Waals surface area contributed by atoms with Crippen LogP contribution in [-0.2, 0) is 19.6 Å². The zero-order valence-electron chi connectivity index (χ0n) is 10.7. The highest BCUT2D eigenvalue weighted by atomic mass is 32.2. The van der Waals surface area contributed by atoms with Gasteiger partial charge in [-0.2, -0.15) is 0 Å². The number of carbonyl (C=O) groups excluding carboxylic acids is 1. The van der Waals surface area contributed by atoms with Crippen LogP contribution in [0.2, 0.25) is 0 Å². The van der Waals surface area contributed by atoms with Gasteiger partial charge in [0.25, 0.3) is 0 Å². The van der Waals surface area contributed by atoms with Crippen LogP contribution in [0.5, 0.6) is 0 Å². The first-order chi connectivity index (χ1) is 7.86. The molecule has 0 spiro atoms. The number of sulfonamides is 1. The Labute approximate surface area is 103 Å². The summed E-state index contributed by atoms with van der Waals surface area (Å²) in [6.45, 7) is 6.11. The Morgan fingerprint density at radius 1 is 1.35 bits per heavy atom. The lowest BCUT2D eigenvalue weighted by molar-refractivity contribution is -0.153. The van der Waals surface area contributed by atoms with Crippen LogP contribution >= 0.6 is 0 Å². The highest BCUT2D eigenvalue weighted by molar-refractivity contribution is 7.89. The number of hydrogen-bond donors (Lipinski definition) is 0.